The normalized spacial score (nSPS) is 11.0. The molecule has 0 bridgehead atoms. The number of fused-ring (bicyclic) bond motifs is 1. The molecule has 0 saturated carbocycles. The van der Waals surface area contributed by atoms with Crippen molar-refractivity contribution in [1.29, 1.82) is 0 Å². The average molecular weight is 290 g/mol. The van der Waals surface area contributed by atoms with Gasteiger partial charge in [-0.1, -0.05) is 0 Å². The van der Waals surface area contributed by atoms with Crippen molar-refractivity contribution in [2.45, 2.75) is 12.3 Å². The molecule has 98 valence electrons. The van der Waals surface area contributed by atoms with Gasteiger partial charge in [0.05, 0.1) is 28.0 Å². The number of furan rings is 1. The monoisotopic (exact) mass is 290 g/mol. The summed E-state index contributed by atoms with van der Waals surface area (Å²) in [5.74, 6) is 2.92. The number of hydrogen-bond acceptors (Lipinski definition) is 5. The highest BCUT2D eigenvalue weighted by Crippen LogP contribution is 2.22. The summed E-state index contributed by atoms with van der Waals surface area (Å²) in [5.41, 5.74) is 4.02. The second-order valence-electron chi connectivity index (χ2n) is 4.19. The number of aromatic nitrogens is 1. The largest absolute Gasteiger partial charge is 0.463 e. The van der Waals surface area contributed by atoms with Crippen molar-refractivity contribution < 1.29 is 4.42 Å². The summed E-state index contributed by atoms with van der Waals surface area (Å²) in [6, 6.07) is 10.3. The van der Waals surface area contributed by atoms with Crippen molar-refractivity contribution in [2.75, 3.05) is 11.6 Å². The minimum Gasteiger partial charge on any atom is -0.463 e. The fourth-order valence-corrected chi connectivity index (χ4v) is 3.05. The summed E-state index contributed by atoms with van der Waals surface area (Å²) >= 11 is 3.42. The molecule has 3 aromatic rings. The Balaban J connectivity index is 1.67. The third-order valence-electron chi connectivity index (χ3n) is 2.80. The molecule has 19 heavy (non-hydrogen) atoms. The second kappa shape index (κ2) is 5.67. The van der Waals surface area contributed by atoms with Gasteiger partial charge in [-0.15, -0.1) is 11.3 Å². The quantitative estimate of drug-likeness (QED) is 0.757. The molecule has 0 aliphatic heterocycles. The Labute approximate surface area is 120 Å². The molecule has 2 aromatic heterocycles. The van der Waals surface area contributed by atoms with E-state index in [1.54, 1.807) is 23.1 Å². The zero-order valence-electron chi connectivity index (χ0n) is 10.6. The highest BCUT2D eigenvalue weighted by Gasteiger charge is 2.03. The topological polar surface area (TPSA) is 38.1 Å². The molecule has 5 heteroatoms. The van der Waals surface area contributed by atoms with Crippen LogP contribution in [-0.2, 0) is 12.3 Å². The van der Waals surface area contributed by atoms with Gasteiger partial charge in [-0.2, -0.15) is 11.8 Å². The third kappa shape index (κ3) is 2.93. The summed E-state index contributed by atoms with van der Waals surface area (Å²) in [7, 11) is 0. The molecule has 0 saturated heterocycles. The van der Waals surface area contributed by atoms with Crippen LogP contribution in [0.25, 0.3) is 10.2 Å². The van der Waals surface area contributed by atoms with E-state index < -0.39 is 0 Å². The van der Waals surface area contributed by atoms with Gasteiger partial charge in [-0.25, -0.2) is 4.98 Å². The van der Waals surface area contributed by atoms with E-state index in [-0.39, 0.29) is 0 Å². The van der Waals surface area contributed by atoms with Crippen LogP contribution < -0.4 is 5.32 Å². The van der Waals surface area contributed by atoms with E-state index in [0.29, 0.717) is 6.54 Å². The Morgan fingerprint density at radius 2 is 2.16 bits per heavy atom. The molecule has 3 rings (SSSR count). The Morgan fingerprint density at radius 3 is 3.05 bits per heavy atom. The summed E-state index contributed by atoms with van der Waals surface area (Å²) < 4.78 is 6.93. The predicted molar refractivity (Wildman–Crippen MR) is 82.9 cm³/mol. The number of thioether (sulfide) groups is 1. The van der Waals surface area contributed by atoms with Crippen molar-refractivity contribution in [3.8, 4) is 0 Å². The molecule has 0 radical (unpaired) electrons. The fourth-order valence-electron chi connectivity index (χ4n) is 1.89. The van der Waals surface area contributed by atoms with Gasteiger partial charge in [-0.3, -0.25) is 0 Å². The minimum absolute atomic E-state index is 0.707. The fraction of sp³-hybridized carbons (Fsp3) is 0.214. The third-order valence-corrected chi connectivity index (χ3v) is 4.17. The van der Waals surface area contributed by atoms with Gasteiger partial charge < -0.3 is 9.73 Å². The predicted octanol–water partition coefficient (Wildman–Crippen LogP) is 4.36. The first-order valence-electron chi connectivity index (χ1n) is 5.99. The van der Waals surface area contributed by atoms with Gasteiger partial charge in [-0.05, 0) is 36.6 Å². The molecular weight excluding hydrogens is 276 g/mol. The molecule has 1 aromatic carbocycles. The Morgan fingerprint density at radius 1 is 1.26 bits per heavy atom. The number of nitrogens with zero attached hydrogens (tertiary/aromatic N) is 1. The number of benzene rings is 1. The van der Waals surface area contributed by atoms with E-state index in [4.69, 9.17) is 4.42 Å². The van der Waals surface area contributed by atoms with Crippen LogP contribution >= 0.6 is 23.1 Å². The molecule has 0 aliphatic rings. The zero-order chi connectivity index (χ0) is 13.1. The molecule has 3 nitrogen and oxygen atoms in total. The second-order valence-corrected chi connectivity index (χ2v) is 5.94. The van der Waals surface area contributed by atoms with E-state index in [1.165, 1.54) is 4.70 Å². The molecule has 0 unspecified atom stereocenters. The van der Waals surface area contributed by atoms with Crippen molar-refractivity contribution in [1.82, 2.24) is 4.98 Å². The number of hydrogen-bond donors (Lipinski definition) is 1. The van der Waals surface area contributed by atoms with Gasteiger partial charge in [0.2, 0.25) is 0 Å². The van der Waals surface area contributed by atoms with Gasteiger partial charge >= 0.3 is 0 Å². The maximum Gasteiger partial charge on any atom is 0.123 e. The maximum absolute atomic E-state index is 5.73. The standard InChI is InChI=1S/C14H14N2OS2/c1-18-8-12-4-3-11(17-12)7-15-10-2-5-13-14(6-10)19-9-16-13/h2-6,9,15H,7-8H2,1H3. The van der Waals surface area contributed by atoms with Crippen LogP contribution in [0.3, 0.4) is 0 Å². The first-order valence-corrected chi connectivity index (χ1v) is 8.26. The lowest BCUT2D eigenvalue weighted by molar-refractivity contribution is 0.487. The van der Waals surface area contributed by atoms with Crippen molar-refractivity contribution in [3.63, 3.8) is 0 Å². The number of anilines is 1. The van der Waals surface area contributed by atoms with Crippen LogP contribution in [0.15, 0.2) is 40.3 Å². The number of thiazole rings is 1. The van der Waals surface area contributed by atoms with Crippen LogP contribution in [0, 0.1) is 0 Å². The highest BCUT2D eigenvalue weighted by molar-refractivity contribution is 7.97. The average Bonchev–Trinajstić information content (AvgIpc) is 3.04. The Bertz CT molecular complexity index is 675. The molecule has 0 aliphatic carbocycles. The van der Waals surface area contributed by atoms with Crippen molar-refractivity contribution in [3.05, 3.63) is 47.4 Å². The molecule has 0 atom stereocenters. The van der Waals surface area contributed by atoms with Crippen LogP contribution in [0.4, 0.5) is 5.69 Å². The number of rotatable bonds is 5. The van der Waals surface area contributed by atoms with Gasteiger partial charge in [0.25, 0.3) is 0 Å². The molecule has 0 amide bonds. The smallest absolute Gasteiger partial charge is 0.123 e. The molecule has 1 N–H and O–H groups in total. The Hall–Kier alpha value is -1.46. The maximum atomic E-state index is 5.73. The van der Waals surface area contributed by atoms with Crippen LogP contribution in [0.5, 0.6) is 0 Å². The first kappa shape index (κ1) is 12.6. The van der Waals surface area contributed by atoms with E-state index in [2.05, 4.69) is 22.6 Å². The minimum atomic E-state index is 0.707. The lowest BCUT2D eigenvalue weighted by Gasteiger charge is -2.04. The van der Waals surface area contributed by atoms with E-state index in [0.717, 1.165) is 28.5 Å². The molecular formula is C14H14N2OS2. The summed E-state index contributed by atoms with van der Waals surface area (Å²) in [6.07, 6.45) is 2.07. The van der Waals surface area contributed by atoms with Crippen molar-refractivity contribution >= 4 is 39.0 Å². The zero-order valence-corrected chi connectivity index (χ0v) is 12.2. The molecule has 0 spiro atoms. The van der Waals surface area contributed by atoms with E-state index >= 15 is 0 Å². The van der Waals surface area contributed by atoms with Gasteiger partial charge in [0.1, 0.15) is 11.5 Å². The summed E-state index contributed by atoms with van der Waals surface area (Å²) in [6.45, 7) is 0.707. The lowest BCUT2D eigenvalue weighted by Crippen LogP contribution is -1.97. The van der Waals surface area contributed by atoms with E-state index in [9.17, 15) is 0 Å². The van der Waals surface area contributed by atoms with Crippen LogP contribution in [-0.4, -0.2) is 11.2 Å². The van der Waals surface area contributed by atoms with Crippen LogP contribution in [0.2, 0.25) is 0 Å². The Kier molecular flexibility index (Phi) is 3.75. The van der Waals surface area contributed by atoms with Crippen LogP contribution in [0.1, 0.15) is 11.5 Å². The van der Waals surface area contributed by atoms with E-state index in [1.807, 2.05) is 29.8 Å². The molecule has 2 heterocycles. The lowest BCUT2D eigenvalue weighted by atomic mass is 10.3. The van der Waals surface area contributed by atoms with Crippen molar-refractivity contribution in [2.24, 2.45) is 0 Å². The first-order chi connectivity index (χ1) is 9.35. The van der Waals surface area contributed by atoms with Gasteiger partial charge in [0, 0.05) is 5.69 Å². The highest BCUT2D eigenvalue weighted by atomic mass is 32.2. The summed E-state index contributed by atoms with van der Waals surface area (Å²) in [4.78, 5) is 4.27. The van der Waals surface area contributed by atoms with Gasteiger partial charge in [0.15, 0.2) is 0 Å². The summed E-state index contributed by atoms with van der Waals surface area (Å²) in [5, 5.41) is 3.38. The SMILES string of the molecule is CSCc1ccc(CNc2ccc3ncsc3c2)o1. The number of nitrogens with one attached hydrogen (secondary N) is 1. The molecule has 0 fully saturated rings.